The Balaban J connectivity index is 2.32. The summed E-state index contributed by atoms with van der Waals surface area (Å²) in [7, 11) is 1.84. The molecule has 0 spiro atoms. The number of halogens is 1. The minimum absolute atomic E-state index is 0.142. The van der Waals surface area contributed by atoms with Gasteiger partial charge in [-0.2, -0.15) is 5.10 Å². The maximum Gasteiger partial charge on any atom is 0.272 e. The largest absolute Gasteiger partial charge is 0.345 e. The molecule has 1 amide bonds. The van der Waals surface area contributed by atoms with Crippen molar-refractivity contribution in [3.05, 3.63) is 30.0 Å². The summed E-state index contributed by atoms with van der Waals surface area (Å²) in [5, 5.41) is 8.28. The van der Waals surface area contributed by atoms with Crippen LogP contribution < -0.4 is 5.32 Å². The van der Waals surface area contributed by atoms with Crippen molar-refractivity contribution < 1.29 is 4.79 Å². The molecule has 2 aromatic rings. The summed E-state index contributed by atoms with van der Waals surface area (Å²) in [6.45, 7) is 4.06. The summed E-state index contributed by atoms with van der Waals surface area (Å²) in [6.07, 6.45) is 1.57. The van der Waals surface area contributed by atoms with Gasteiger partial charge < -0.3 is 5.32 Å². The van der Waals surface area contributed by atoms with Crippen molar-refractivity contribution >= 4 is 28.4 Å². The summed E-state index contributed by atoms with van der Waals surface area (Å²) in [6, 6.07) is 7.73. The number of alkyl halides is 1. The molecule has 1 atom stereocenters. The Bertz CT molecular complexity index is 623. The maximum absolute atomic E-state index is 12.5. The van der Waals surface area contributed by atoms with Gasteiger partial charge in [0.05, 0.1) is 5.52 Å². The van der Waals surface area contributed by atoms with E-state index in [-0.39, 0.29) is 11.4 Å². The molecule has 1 N–H and O–H groups in total. The smallest absolute Gasteiger partial charge is 0.272 e. The number of benzene rings is 1. The number of hydrogen-bond donors (Lipinski definition) is 1. The zero-order valence-corrected chi connectivity index (χ0v) is 12.9. The first-order valence-electron chi connectivity index (χ1n) is 6.81. The fourth-order valence-corrected chi connectivity index (χ4v) is 2.67. The third kappa shape index (κ3) is 2.80. The second-order valence-electron chi connectivity index (χ2n) is 5.30. The molecule has 0 fully saturated rings. The number of nitrogens with zero attached hydrogens (tertiary/aromatic N) is 2. The zero-order valence-electron chi connectivity index (χ0n) is 12.1. The minimum Gasteiger partial charge on any atom is -0.345 e. The van der Waals surface area contributed by atoms with Gasteiger partial charge in [-0.15, -0.1) is 11.6 Å². The quantitative estimate of drug-likeness (QED) is 0.861. The molecule has 0 saturated carbocycles. The van der Waals surface area contributed by atoms with E-state index in [0.717, 1.165) is 23.7 Å². The number of aryl methyl sites for hydroxylation is 1. The summed E-state index contributed by atoms with van der Waals surface area (Å²) < 4.78 is 1.73. The minimum atomic E-state index is -0.294. The average Bonchev–Trinajstić information content (AvgIpc) is 2.77. The monoisotopic (exact) mass is 293 g/mol. The van der Waals surface area contributed by atoms with Gasteiger partial charge in [-0.1, -0.05) is 25.1 Å². The van der Waals surface area contributed by atoms with Crippen LogP contribution in [0.4, 0.5) is 0 Å². The Hall–Kier alpha value is -1.55. The molecule has 0 aliphatic rings. The Morgan fingerprint density at radius 1 is 1.45 bits per heavy atom. The molecule has 1 unspecified atom stereocenters. The van der Waals surface area contributed by atoms with E-state index in [1.165, 1.54) is 0 Å². The lowest BCUT2D eigenvalue weighted by molar-refractivity contribution is 0.0897. The maximum atomic E-state index is 12.5. The van der Waals surface area contributed by atoms with Gasteiger partial charge in [0.25, 0.3) is 5.91 Å². The van der Waals surface area contributed by atoms with E-state index in [1.54, 1.807) is 4.68 Å². The van der Waals surface area contributed by atoms with Crippen molar-refractivity contribution in [2.75, 3.05) is 5.88 Å². The number of hydrogen-bond acceptors (Lipinski definition) is 2. The highest BCUT2D eigenvalue weighted by molar-refractivity contribution is 6.17. The third-order valence-corrected chi connectivity index (χ3v) is 4.00. The van der Waals surface area contributed by atoms with Crippen LogP contribution in [0.2, 0.25) is 0 Å². The molecular weight excluding hydrogens is 274 g/mol. The molecule has 0 bridgehead atoms. The van der Waals surface area contributed by atoms with Crippen molar-refractivity contribution in [2.45, 2.75) is 32.2 Å². The van der Waals surface area contributed by atoms with E-state index in [4.69, 9.17) is 11.6 Å². The van der Waals surface area contributed by atoms with E-state index < -0.39 is 0 Å². The summed E-state index contributed by atoms with van der Waals surface area (Å²) in [4.78, 5) is 12.5. The summed E-state index contributed by atoms with van der Waals surface area (Å²) >= 11 is 5.82. The molecule has 0 aliphatic carbocycles. The molecule has 20 heavy (non-hydrogen) atoms. The van der Waals surface area contributed by atoms with Crippen LogP contribution in [0.3, 0.4) is 0 Å². The van der Waals surface area contributed by atoms with Crippen molar-refractivity contribution in [1.29, 1.82) is 0 Å². The number of carbonyl (C=O) groups is 1. The standard InChI is InChI=1S/C15H20ClN3O/c1-4-15(2,9-10-16)17-14(20)13-11-7-5-6-8-12(11)19(3)18-13/h5-8H,4,9-10H2,1-3H3,(H,17,20). The molecule has 5 heteroatoms. The first-order chi connectivity index (χ1) is 9.50. The molecule has 108 valence electrons. The lowest BCUT2D eigenvalue weighted by Crippen LogP contribution is -2.46. The lowest BCUT2D eigenvalue weighted by atomic mass is 9.95. The first kappa shape index (κ1) is 14.9. The third-order valence-electron chi connectivity index (χ3n) is 3.81. The van der Waals surface area contributed by atoms with Crippen LogP contribution in [0.15, 0.2) is 24.3 Å². The fourth-order valence-electron chi connectivity index (χ4n) is 2.25. The highest BCUT2D eigenvalue weighted by Gasteiger charge is 2.26. The number of carbonyl (C=O) groups excluding carboxylic acids is 1. The van der Waals surface area contributed by atoms with Gasteiger partial charge in [0.2, 0.25) is 0 Å². The molecule has 4 nitrogen and oxygen atoms in total. The van der Waals surface area contributed by atoms with E-state index in [0.29, 0.717) is 11.6 Å². The van der Waals surface area contributed by atoms with Gasteiger partial charge in [-0.3, -0.25) is 9.48 Å². The molecule has 2 rings (SSSR count). The van der Waals surface area contributed by atoms with Gasteiger partial charge in [-0.25, -0.2) is 0 Å². The predicted octanol–water partition coefficient (Wildman–Crippen LogP) is 3.10. The molecular formula is C15H20ClN3O. The van der Waals surface area contributed by atoms with Crippen LogP contribution in [0.1, 0.15) is 37.2 Å². The molecule has 0 aliphatic heterocycles. The van der Waals surface area contributed by atoms with Gasteiger partial charge in [-0.05, 0) is 25.8 Å². The molecule has 0 saturated heterocycles. The lowest BCUT2D eigenvalue weighted by Gasteiger charge is -2.28. The summed E-state index contributed by atoms with van der Waals surface area (Å²) in [5.41, 5.74) is 1.13. The zero-order chi connectivity index (χ0) is 14.8. The van der Waals surface area contributed by atoms with Crippen molar-refractivity contribution in [2.24, 2.45) is 7.05 Å². The summed E-state index contributed by atoms with van der Waals surface area (Å²) in [5.74, 6) is 0.379. The number of fused-ring (bicyclic) bond motifs is 1. The van der Waals surface area contributed by atoms with Gasteiger partial charge >= 0.3 is 0 Å². The highest BCUT2D eigenvalue weighted by atomic mass is 35.5. The van der Waals surface area contributed by atoms with Crippen LogP contribution in [-0.2, 0) is 7.05 Å². The van der Waals surface area contributed by atoms with Crippen LogP contribution >= 0.6 is 11.6 Å². The molecule has 1 heterocycles. The fraction of sp³-hybridized carbons (Fsp3) is 0.467. The Morgan fingerprint density at radius 2 is 2.15 bits per heavy atom. The first-order valence-corrected chi connectivity index (χ1v) is 7.34. The molecule has 1 aromatic carbocycles. The normalized spacial score (nSPS) is 14.2. The van der Waals surface area contributed by atoms with Gasteiger partial charge in [0.1, 0.15) is 0 Å². The number of rotatable bonds is 5. The van der Waals surface area contributed by atoms with Crippen LogP contribution in [0, 0.1) is 0 Å². The van der Waals surface area contributed by atoms with Crippen molar-refractivity contribution in [3.63, 3.8) is 0 Å². The second kappa shape index (κ2) is 5.83. The Kier molecular flexibility index (Phi) is 4.33. The number of aromatic nitrogens is 2. The highest BCUT2D eigenvalue weighted by Crippen LogP contribution is 2.20. The van der Waals surface area contributed by atoms with E-state index >= 15 is 0 Å². The Morgan fingerprint density at radius 3 is 2.80 bits per heavy atom. The number of amides is 1. The van der Waals surface area contributed by atoms with E-state index in [9.17, 15) is 4.79 Å². The SMILES string of the molecule is CCC(C)(CCCl)NC(=O)c1nn(C)c2ccccc12. The van der Waals surface area contributed by atoms with Crippen molar-refractivity contribution in [1.82, 2.24) is 15.1 Å². The van der Waals surface area contributed by atoms with Crippen molar-refractivity contribution in [3.8, 4) is 0 Å². The predicted molar refractivity (Wildman–Crippen MR) is 82.2 cm³/mol. The van der Waals surface area contributed by atoms with Crippen LogP contribution in [0.25, 0.3) is 10.9 Å². The van der Waals surface area contributed by atoms with Gasteiger partial charge in [0, 0.05) is 23.9 Å². The average molecular weight is 294 g/mol. The van der Waals surface area contributed by atoms with Crippen LogP contribution in [0.5, 0.6) is 0 Å². The number of para-hydroxylation sites is 1. The van der Waals surface area contributed by atoms with E-state index in [2.05, 4.69) is 10.4 Å². The molecule has 1 aromatic heterocycles. The van der Waals surface area contributed by atoms with E-state index in [1.807, 2.05) is 45.2 Å². The topological polar surface area (TPSA) is 46.9 Å². The molecule has 0 radical (unpaired) electrons. The van der Waals surface area contributed by atoms with Gasteiger partial charge in [0.15, 0.2) is 5.69 Å². The Labute approximate surface area is 124 Å². The van der Waals surface area contributed by atoms with Crippen LogP contribution in [-0.4, -0.2) is 27.1 Å². The second-order valence-corrected chi connectivity index (χ2v) is 5.67. The number of nitrogens with one attached hydrogen (secondary N) is 1.